The van der Waals surface area contributed by atoms with Crippen molar-refractivity contribution < 1.29 is 9.47 Å². The number of aromatic nitrogens is 2. The zero-order chi connectivity index (χ0) is 24.4. The van der Waals surface area contributed by atoms with Crippen LogP contribution in [-0.4, -0.2) is 59.8 Å². The number of anilines is 1. The number of benzene rings is 1. The fourth-order valence-corrected chi connectivity index (χ4v) is 5.67. The van der Waals surface area contributed by atoms with E-state index >= 15 is 0 Å². The molecule has 3 aromatic rings. The van der Waals surface area contributed by atoms with E-state index in [0.717, 1.165) is 69.5 Å². The maximum Gasteiger partial charge on any atom is 0.249 e. The molecule has 4 heterocycles. The van der Waals surface area contributed by atoms with Gasteiger partial charge in [-0.25, -0.2) is 0 Å². The molecule has 2 fully saturated rings. The number of ether oxygens (including phenoxy) is 2. The summed E-state index contributed by atoms with van der Waals surface area (Å²) in [5, 5.41) is 0.901. The zero-order valence-electron chi connectivity index (χ0n) is 20.7. The molecule has 7 heteroatoms. The highest BCUT2D eigenvalue weighted by Gasteiger charge is 2.37. The SMILES string of the molecule is O=c1ccc2ccc(OCCCCN3CCN(c4cccc5c4OC4(C=C5)CCCC4)CC3)nc2[nH]1. The van der Waals surface area contributed by atoms with Crippen LogP contribution in [0.3, 0.4) is 0 Å². The average molecular weight is 487 g/mol. The minimum atomic E-state index is -0.151. The number of nitrogens with zero attached hydrogens (tertiary/aromatic N) is 3. The summed E-state index contributed by atoms with van der Waals surface area (Å²) in [6, 6.07) is 13.6. The molecule has 3 aliphatic rings. The van der Waals surface area contributed by atoms with E-state index in [1.54, 1.807) is 6.07 Å². The minimum Gasteiger partial charge on any atom is -0.480 e. The highest BCUT2D eigenvalue weighted by molar-refractivity contribution is 5.74. The molecular formula is C29H34N4O3. The molecule has 1 N–H and O–H groups in total. The van der Waals surface area contributed by atoms with Crippen molar-refractivity contribution in [2.24, 2.45) is 0 Å². The first-order valence-electron chi connectivity index (χ1n) is 13.3. The van der Waals surface area contributed by atoms with Crippen LogP contribution >= 0.6 is 0 Å². The van der Waals surface area contributed by atoms with Crippen LogP contribution in [0.4, 0.5) is 5.69 Å². The van der Waals surface area contributed by atoms with Crippen LogP contribution in [0.1, 0.15) is 44.1 Å². The van der Waals surface area contributed by atoms with Crippen molar-refractivity contribution in [2.75, 3.05) is 44.2 Å². The van der Waals surface area contributed by atoms with E-state index in [4.69, 9.17) is 9.47 Å². The van der Waals surface area contributed by atoms with Gasteiger partial charge in [-0.05, 0) is 69.3 Å². The van der Waals surface area contributed by atoms with Crippen molar-refractivity contribution >= 4 is 22.8 Å². The maximum atomic E-state index is 11.5. The highest BCUT2D eigenvalue weighted by Crippen LogP contribution is 2.45. The second-order valence-electron chi connectivity index (χ2n) is 10.2. The van der Waals surface area contributed by atoms with Crippen LogP contribution < -0.4 is 19.9 Å². The third-order valence-electron chi connectivity index (χ3n) is 7.73. The van der Waals surface area contributed by atoms with Gasteiger partial charge in [0.05, 0.1) is 12.3 Å². The molecule has 0 bridgehead atoms. The molecule has 1 saturated heterocycles. The summed E-state index contributed by atoms with van der Waals surface area (Å²) in [6.07, 6.45) is 11.4. The van der Waals surface area contributed by atoms with Crippen molar-refractivity contribution in [3.63, 3.8) is 0 Å². The van der Waals surface area contributed by atoms with Gasteiger partial charge in [-0.1, -0.05) is 18.2 Å². The van der Waals surface area contributed by atoms with Crippen molar-refractivity contribution in [1.82, 2.24) is 14.9 Å². The molecule has 0 unspecified atom stereocenters. The monoisotopic (exact) mass is 486 g/mol. The molecular weight excluding hydrogens is 452 g/mol. The van der Waals surface area contributed by atoms with Crippen LogP contribution in [0.5, 0.6) is 11.6 Å². The number of rotatable bonds is 7. The van der Waals surface area contributed by atoms with Crippen LogP contribution in [0, 0.1) is 0 Å². The normalized spacial score (nSPS) is 18.9. The molecule has 1 aromatic carbocycles. The number of nitrogens with one attached hydrogen (secondary N) is 1. The quantitative estimate of drug-likeness (QED) is 0.492. The Morgan fingerprint density at radius 1 is 1.00 bits per heavy atom. The summed E-state index contributed by atoms with van der Waals surface area (Å²) < 4.78 is 12.5. The van der Waals surface area contributed by atoms with E-state index < -0.39 is 0 Å². The topological polar surface area (TPSA) is 70.7 Å². The molecule has 0 amide bonds. The van der Waals surface area contributed by atoms with Gasteiger partial charge in [-0.3, -0.25) is 9.69 Å². The molecule has 0 atom stereocenters. The number of H-pyrrole nitrogens is 1. The highest BCUT2D eigenvalue weighted by atomic mass is 16.5. The summed E-state index contributed by atoms with van der Waals surface area (Å²) in [6.45, 7) is 5.86. The fourth-order valence-electron chi connectivity index (χ4n) is 5.67. The number of fused-ring (bicyclic) bond motifs is 2. The Balaban J connectivity index is 0.969. The molecule has 188 valence electrons. The van der Waals surface area contributed by atoms with Crippen LogP contribution in [0.25, 0.3) is 17.1 Å². The van der Waals surface area contributed by atoms with Crippen LogP contribution in [0.15, 0.2) is 53.3 Å². The lowest BCUT2D eigenvalue weighted by Crippen LogP contribution is -2.47. The van der Waals surface area contributed by atoms with Crippen molar-refractivity contribution in [1.29, 1.82) is 0 Å². The predicted molar refractivity (Wildman–Crippen MR) is 143 cm³/mol. The number of pyridine rings is 2. The van der Waals surface area contributed by atoms with Gasteiger partial charge in [-0.2, -0.15) is 4.98 Å². The van der Waals surface area contributed by atoms with Gasteiger partial charge in [0, 0.05) is 49.3 Å². The Morgan fingerprint density at radius 3 is 2.69 bits per heavy atom. The van der Waals surface area contributed by atoms with Gasteiger partial charge in [0.1, 0.15) is 11.2 Å². The standard InChI is InChI=1S/C29H34N4O3/c34-25-10-8-23-9-11-26(31-28(23)30-25)35-21-4-3-16-32-17-19-33(20-18-32)24-7-5-6-22-12-15-29(36-27(22)24)13-1-2-14-29/h5-12,15H,1-4,13-14,16-21H2,(H,30,31,34). The fraction of sp³-hybridized carbons (Fsp3) is 0.448. The van der Waals surface area contributed by atoms with Gasteiger partial charge in [0.2, 0.25) is 11.4 Å². The lowest BCUT2D eigenvalue weighted by molar-refractivity contribution is 0.125. The number of piperazine rings is 1. The van der Waals surface area contributed by atoms with Crippen LogP contribution in [-0.2, 0) is 0 Å². The van der Waals surface area contributed by atoms with E-state index in [-0.39, 0.29) is 11.2 Å². The Labute approximate surface area is 211 Å². The summed E-state index contributed by atoms with van der Waals surface area (Å²) in [5.74, 6) is 1.64. The predicted octanol–water partition coefficient (Wildman–Crippen LogP) is 4.62. The van der Waals surface area contributed by atoms with Gasteiger partial charge >= 0.3 is 0 Å². The number of unbranched alkanes of at least 4 members (excludes halogenated alkanes) is 1. The molecule has 36 heavy (non-hydrogen) atoms. The second kappa shape index (κ2) is 9.97. The zero-order valence-corrected chi connectivity index (χ0v) is 20.7. The van der Waals surface area contributed by atoms with Gasteiger partial charge in [0.25, 0.3) is 0 Å². The average Bonchev–Trinajstić information content (AvgIpc) is 3.36. The molecule has 1 aliphatic carbocycles. The van der Waals surface area contributed by atoms with E-state index in [0.29, 0.717) is 18.1 Å². The van der Waals surface area contributed by atoms with E-state index in [1.165, 1.54) is 30.2 Å². The number of hydrogen-bond acceptors (Lipinski definition) is 6. The Kier molecular flexibility index (Phi) is 6.40. The first-order valence-corrected chi connectivity index (χ1v) is 13.3. The minimum absolute atomic E-state index is 0.0768. The molecule has 0 radical (unpaired) electrons. The van der Waals surface area contributed by atoms with Gasteiger partial charge in [-0.15, -0.1) is 0 Å². The molecule has 1 saturated carbocycles. The smallest absolute Gasteiger partial charge is 0.249 e. The summed E-state index contributed by atoms with van der Waals surface area (Å²) >= 11 is 0. The van der Waals surface area contributed by atoms with Crippen molar-refractivity contribution in [3.05, 3.63) is 64.5 Å². The third-order valence-corrected chi connectivity index (χ3v) is 7.73. The molecule has 2 aliphatic heterocycles. The maximum absolute atomic E-state index is 11.5. The van der Waals surface area contributed by atoms with Crippen LogP contribution in [0.2, 0.25) is 0 Å². The molecule has 6 rings (SSSR count). The van der Waals surface area contributed by atoms with E-state index in [9.17, 15) is 4.79 Å². The molecule has 1 spiro atoms. The Hall–Kier alpha value is -3.32. The van der Waals surface area contributed by atoms with E-state index in [2.05, 4.69) is 50.1 Å². The summed E-state index contributed by atoms with van der Waals surface area (Å²) in [4.78, 5) is 23.7. The second-order valence-corrected chi connectivity index (χ2v) is 10.2. The first kappa shape index (κ1) is 23.1. The van der Waals surface area contributed by atoms with Crippen molar-refractivity contribution in [2.45, 2.75) is 44.1 Å². The third kappa shape index (κ3) is 4.85. The lowest BCUT2D eigenvalue weighted by Gasteiger charge is -2.39. The van der Waals surface area contributed by atoms with E-state index in [1.807, 2.05) is 12.1 Å². The lowest BCUT2D eigenvalue weighted by atomic mass is 9.96. The number of hydrogen-bond donors (Lipinski definition) is 1. The molecule has 7 nitrogen and oxygen atoms in total. The molecule has 2 aromatic heterocycles. The summed E-state index contributed by atoms with van der Waals surface area (Å²) in [7, 11) is 0. The van der Waals surface area contributed by atoms with Gasteiger partial charge < -0.3 is 19.4 Å². The van der Waals surface area contributed by atoms with Gasteiger partial charge in [0.15, 0.2) is 5.75 Å². The summed E-state index contributed by atoms with van der Waals surface area (Å²) in [5.41, 5.74) is 2.80. The number of para-hydroxylation sites is 1. The largest absolute Gasteiger partial charge is 0.480 e. The first-order chi connectivity index (χ1) is 17.7. The Morgan fingerprint density at radius 2 is 1.83 bits per heavy atom. The number of aromatic amines is 1. The van der Waals surface area contributed by atoms with Crippen molar-refractivity contribution in [3.8, 4) is 11.6 Å². The Bertz CT molecular complexity index is 1300.